The van der Waals surface area contributed by atoms with Crippen LogP contribution in [0.2, 0.25) is 0 Å². The quantitative estimate of drug-likeness (QED) is 0.817. The SMILES string of the molecule is Fc1cc2c(cc1Br)OCc1nc(CN3CCOCC3)cn1-2. The Balaban J connectivity index is 1.64. The van der Waals surface area contributed by atoms with E-state index in [4.69, 9.17) is 9.47 Å². The Morgan fingerprint density at radius 3 is 2.91 bits per heavy atom. The van der Waals surface area contributed by atoms with Crippen molar-refractivity contribution in [2.24, 2.45) is 0 Å². The second-order valence-corrected chi connectivity index (χ2v) is 6.28. The first-order valence-corrected chi connectivity index (χ1v) is 7.99. The topological polar surface area (TPSA) is 39.5 Å². The predicted molar refractivity (Wildman–Crippen MR) is 81.7 cm³/mol. The lowest BCUT2D eigenvalue weighted by Gasteiger charge is -2.25. The van der Waals surface area contributed by atoms with Crippen LogP contribution in [-0.4, -0.2) is 40.8 Å². The third-order valence-electron chi connectivity index (χ3n) is 3.94. The molecule has 0 spiro atoms. The number of rotatable bonds is 2. The fourth-order valence-corrected chi connectivity index (χ4v) is 3.13. The molecule has 1 saturated heterocycles. The molecule has 1 aromatic heterocycles. The molecule has 2 aromatic rings. The number of halogens is 2. The number of benzene rings is 1. The minimum atomic E-state index is -0.307. The Hall–Kier alpha value is -1.44. The zero-order chi connectivity index (χ0) is 15.1. The maximum Gasteiger partial charge on any atom is 0.151 e. The lowest BCUT2D eigenvalue weighted by molar-refractivity contribution is 0.0337. The summed E-state index contributed by atoms with van der Waals surface area (Å²) in [6, 6.07) is 3.14. The number of aromatic nitrogens is 2. The molecule has 0 saturated carbocycles. The third kappa shape index (κ3) is 2.53. The van der Waals surface area contributed by atoms with Gasteiger partial charge in [0, 0.05) is 31.9 Å². The summed E-state index contributed by atoms with van der Waals surface area (Å²) in [5.74, 6) is 1.16. The summed E-state index contributed by atoms with van der Waals surface area (Å²) in [5.41, 5.74) is 1.67. The van der Waals surface area contributed by atoms with Gasteiger partial charge in [-0.25, -0.2) is 9.37 Å². The van der Waals surface area contributed by atoms with Gasteiger partial charge in [0.15, 0.2) is 5.82 Å². The van der Waals surface area contributed by atoms with Crippen LogP contribution in [0.5, 0.6) is 5.75 Å². The van der Waals surface area contributed by atoms with Crippen molar-refractivity contribution in [3.8, 4) is 11.4 Å². The minimum absolute atomic E-state index is 0.307. The molecule has 1 aromatic carbocycles. The van der Waals surface area contributed by atoms with Crippen molar-refractivity contribution in [2.45, 2.75) is 13.2 Å². The van der Waals surface area contributed by atoms with Crippen molar-refractivity contribution in [2.75, 3.05) is 26.3 Å². The molecule has 22 heavy (non-hydrogen) atoms. The normalized spacial score (nSPS) is 17.7. The smallest absolute Gasteiger partial charge is 0.151 e. The minimum Gasteiger partial charge on any atom is -0.483 e. The van der Waals surface area contributed by atoms with E-state index in [1.54, 1.807) is 6.07 Å². The van der Waals surface area contributed by atoms with Crippen LogP contribution >= 0.6 is 15.9 Å². The summed E-state index contributed by atoms with van der Waals surface area (Å²) in [4.78, 5) is 6.92. The van der Waals surface area contributed by atoms with Crippen LogP contribution < -0.4 is 4.74 Å². The molecule has 0 amide bonds. The summed E-state index contributed by atoms with van der Waals surface area (Å²) in [7, 11) is 0. The number of imidazole rings is 1. The fraction of sp³-hybridized carbons (Fsp3) is 0.400. The predicted octanol–water partition coefficient (Wildman–Crippen LogP) is 2.50. The average Bonchev–Trinajstić information content (AvgIpc) is 2.92. The maximum atomic E-state index is 13.8. The van der Waals surface area contributed by atoms with E-state index in [1.807, 2.05) is 10.8 Å². The second kappa shape index (κ2) is 5.64. The van der Waals surface area contributed by atoms with E-state index in [0.29, 0.717) is 22.5 Å². The molecule has 116 valence electrons. The van der Waals surface area contributed by atoms with Crippen LogP contribution in [0.1, 0.15) is 11.5 Å². The van der Waals surface area contributed by atoms with Crippen LogP contribution in [0.25, 0.3) is 5.69 Å². The van der Waals surface area contributed by atoms with Gasteiger partial charge in [0.25, 0.3) is 0 Å². The molecule has 4 rings (SSSR count). The van der Waals surface area contributed by atoms with Crippen LogP contribution in [0.15, 0.2) is 22.8 Å². The van der Waals surface area contributed by atoms with Crippen LogP contribution in [0.4, 0.5) is 4.39 Å². The lowest BCUT2D eigenvalue weighted by Crippen LogP contribution is -2.35. The lowest BCUT2D eigenvalue weighted by atomic mass is 10.2. The first-order valence-electron chi connectivity index (χ1n) is 7.20. The van der Waals surface area contributed by atoms with Gasteiger partial charge in [0.1, 0.15) is 18.2 Å². The van der Waals surface area contributed by atoms with Crippen LogP contribution in [0, 0.1) is 5.82 Å². The summed E-state index contributed by atoms with van der Waals surface area (Å²) in [6.07, 6.45) is 1.97. The molecular formula is C15H15BrFN3O2. The summed E-state index contributed by atoms with van der Waals surface area (Å²) < 4.78 is 27.2. The highest BCUT2D eigenvalue weighted by Gasteiger charge is 2.22. The molecule has 5 nitrogen and oxygen atoms in total. The van der Waals surface area contributed by atoms with Gasteiger partial charge in [0.05, 0.1) is 29.1 Å². The second-order valence-electron chi connectivity index (χ2n) is 5.43. The van der Waals surface area contributed by atoms with Crippen LogP contribution in [0.3, 0.4) is 0 Å². The Morgan fingerprint density at radius 2 is 2.09 bits per heavy atom. The number of fused-ring (bicyclic) bond motifs is 3. The molecular weight excluding hydrogens is 353 g/mol. The molecule has 2 aliphatic heterocycles. The van der Waals surface area contributed by atoms with Crippen LogP contribution in [-0.2, 0) is 17.9 Å². The number of hydrogen-bond donors (Lipinski definition) is 0. The van der Waals surface area contributed by atoms with E-state index < -0.39 is 0 Å². The van der Waals surface area contributed by atoms with E-state index >= 15 is 0 Å². The Morgan fingerprint density at radius 1 is 1.27 bits per heavy atom. The number of hydrogen-bond acceptors (Lipinski definition) is 4. The fourth-order valence-electron chi connectivity index (χ4n) is 2.81. The van der Waals surface area contributed by atoms with E-state index in [1.165, 1.54) is 6.07 Å². The maximum absolute atomic E-state index is 13.8. The average molecular weight is 368 g/mol. The highest BCUT2D eigenvalue weighted by molar-refractivity contribution is 9.10. The summed E-state index contributed by atoms with van der Waals surface area (Å²) in [6.45, 7) is 4.52. The monoisotopic (exact) mass is 367 g/mol. The molecule has 1 fully saturated rings. The molecule has 0 N–H and O–H groups in total. The highest BCUT2D eigenvalue weighted by atomic mass is 79.9. The van der Waals surface area contributed by atoms with Crippen molar-refractivity contribution in [1.82, 2.24) is 14.5 Å². The summed E-state index contributed by atoms with van der Waals surface area (Å²) in [5, 5.41) is 0. The van der Waals surface area contributed by atoms with Gasteiger partial charge >= 0.3 is 0 Å². The van der Waals surface area contributed by atoms with Gasteiger partial charge in [-0.2, -0.15) is 0 Å². The molecule has 0 aliphatic carbocycles. The molecule has 0 atom stereocenters. The van der Waals surface area contributed by atoms with E-state index in [-0.39, 0.29) is 5.82 Å². The molecule has 0 radical (unpaired) electrons. The van der Waals surface area contributed by atoms with Crippen molar-refractivity contribution < 1.29 is 13.9 Å². The molecule has 2 aliphatic rings. The van der Waals surface area contributed by atoms with E-state index in [0.717, 1.165) is 44.4 Å². The standard InChI is InChI=1S/C15H15BrFN3O2/c16-11-5-14-13(6-12(11)17)20-8-10(18-15(20)9-22-14)7-19-1-3-21-4-2-19/h5-6,8H,1-4,7,9H2. The van der Waals surface area contributed by atoms with Crippen molar-refractivity contribution >= 4 is 15.9 Å². The Labute approximate surface area is 135 Å². The van der Waals surface area contributed by atoms with Gasteiger partial charge in [-0.05, 0) is 22.0 Å². The molecule has 7 heteroatoms. The summed E-state index contributed by atoms with van der Waals surface area (Å²) >= 11 is 3.19. The molecule has 0 bridgehead atoms. The van der Waals surface area contributed by atoms with Crippen molar-refractivity contribution in [3.63, 3.8) is 0 Å². The zero-order valence-corrected chi connectivity index (χ0v) is 13.5. The van der Waals surface area contributed by atoms with E-state index in [2.05, 4.69) is 25.8 Å². The van der Waals surface area contributed by atoms with Gasteiger partial charge in [-0.15, -0.1) is 0 Å². The first-order chi connectivity index (χ1) is 10.7. The number of morpholine rings is 1. The molecule has 3 heterocycles. The Bertz CT molecular complexity index is 713. The number of nitrogens with zero attached hydrogens (tertiary/aromatic N) is 3. The highest BCUT2D eigenvalue weighted by Crippen LogP contribution is 2.34. The molecule has 0 unspecified atom stereocenters. The van der Waals surface area contributed by atoms with Gasteiger partial charge in [-0.3, -0.25) is 9.47 Å². The van der Waals surface area contributed by atoms with Crippen molar-refractivity contribution in [3.05, 3.63) is 40.1 Å². The third-order valence-corrected chi connectivity index (χ3v) is 4.54. The van der Waals surface area contributed by atoms with E-state index in [9.17, 15) is 4.39 Å². The zero-order valence-electron chi connectivity index (χ0n) is 11.9. The largest absolute Gasteiger partial charge is 0.483 e. The van der Waals surface area contributed by atoms with Gasteiger partial charge in [0.2, 0.25) is 0 Å². The van der Waals surface area contributed by atoms with Gasteiger partial charge < -0.3 is 9.47 Å². The van der Waals surface area contributed by atoms with Gasteiger partial charge in [-0.1, -0.05) is 0 Å². The van der Waals surface area contributed by atoms with Crippen molar-refractivity contribution in [1.29, 1.82) is 0 Å². The Kier molecular flexibility index (Phi) is 3.63. The number of ether oxygens (including phenoxy) is 2. The first kappa shape index (κ1) is 14.2.